The molecule has 5 aliphatic rings. The molecule has 2 aromatic rings. The number of ether oxygens (including phenoxy) is 1. The Morgan fingerprint density at radius 2 is 1.76 bits per heavy atom. The molecule has 7 rings (SSSR count). The lowest BCUT2D eigenvalue weighted by Crippen LogP contribution is -2.49. The van der Waals surface area contributed by atoms with E-state index in [0.717, 1.165) is 36.0 Å². The number of hydrogen-bond acceptors (Lipinski definition) is 2. The third kappa shape index (κ3) is 4.97. The fraction of sp³-hybridized carbons (Fsp3) is 0.615. The summed E-state index contributed by atoms with van der Waals surface area (Å²) >= 11 is 0. The second-order valence-corrected chi connectivity index (χ2v) is 15.5. The van der Waals surface area contributed by atoms with Crippen molar-refractivity contribution in [2.24, 2.45) is 34.5 Å². The summed E-state index contributed by atoms with van der Waals surface area (Å²) in [4.78, 5) is 4.46. The lowest BCUT2D eigenvalue weighted by molar-refractivity contribution is -0.144. The van der Waals surface area contributed by atoms with E-state index in [1.54, 1.807) is 5.56 Å². The Labute approximate surface area is 249 Å². The Morgan fingerprint density at radius 3 is 2.49 bits per heavy atom. The SMILES string of the molecule is CCC1CCC2C3CCC4CC5(CCC4=C3C(c3ccc(/C=C/c4ccccn4)cc3)CC12C)CCC(C)(C)CO5. The molecule has 0 bridgehead atoms. The van der Waals surface area contributed by atoms with Gasteiger partial charge in [0, 0.05) is 12.1 Å². The molecule has 1 spiro atoms. The third-order valence-electron chi connectivity index (χ3n) is 12.7. The number of pyridine rings is 1. The van der Waals surface area contributed by atoms with E-state index in [-0.39, 0.29) is 5.60 Å². The highest BCUT2D eigenvalue weighted by molar-refractivity contribution is 5.68. The van der Waals surface area contributed by atoms with Gasteiger partial charge in [-0.25, -0.2) is 0 Å². The average Bonchev–Trinajstić information content (AvgIpc) is 3.34. The summed E-state index contributed by atoms with van der Waals surface area (Å²) in [5.41, 5.74) is 8.60. The van der Waals surface area contributed by atoms with Crippen LogP contribution in [0.15, 0.2) is 59.8 Å². The summed E-state index contributed by atoms with van der Waals surface area (Å²) in [6.07, 6.45) is 21.0. The highest BCUT2D eigenvalue weighted by atomic mass is 16.5. The molecule has 4 aliphatic carbocycles. The average molecular weight is 550 g/mol. The van der Waals surface area contributed by atoms with Gasteiger partial charge in [0.05, 0.1) is 17.9 Å². The summed E-state index contributed by atoms with van der Waals surface area (Å²) in [5, 5.41) is 0. The molecule has 0 N–H and O–H groups in total. The van der Waals surface area contributed by atoms with Gasteiger partial charge >= 0.3 is 0 Å². The van der Waals surface area contributed by atoms with Crippen LogP contribution >= 0.6 is 0 Å². The van der Waals surface area contributed by atoms with Crippen molar-refractivity contribution in [3.8, 4) is 0 Å². The Kier molecular flexibility index (Phi) is 7.08. The zero-order valence-corrected chi connectivity index (χ0v) is 26.0. The fourth-order valence-electron chi connectivity index (χ4n) is 10.3. The lowest BCUT2D eigenvalue weighted by atomic mass is 9.50. The molecule has 41 heavy (non-hydrogen) atoms. The second-order valence-electron chi connectivity index (χ2n) is 15.5. The van der Waals surface area contributed by atoms with Gasteiger partial charge in [-0.2, -0.15) is 0 Å². The van der Waals surface area contributed by atoms with Crippen molar-refractivity contribution in [3.63, 3.8) is 0 Å². The van der Waals surface area contributed by atoms with Crippen molar-refractivity contribution in [1.82, 2.24) is 4.98 Å². The number of allylic oxidation sites excluding steroid dienone is 2. The summed E-state index contributed by atoms with van der Waals surface area (Å²) in [5.74, 6) is 3.89. The first kappa shape index (κ1) is 27.6. The molecule has 4 fully saturated rings. The maximum absolute atomic E-state index is 6.77. The molecule has 0 radical (unpaired) electrons. The van der Waals surface area contributed by atoms with Crippen LogP contribution in [0, 0.1) is 34.5 Å². The molecule has 1 aromatic heterocycles. The third-order valence-corrected chi connectivity index (χ3v) is 12.7. The summed E-state index contributed by atoms with van der Waals surface area (Å²) in [6.45, 7) is 10.9. The van der Waals surface area contributed by atoms with Crippen LogP contribution in [0.5, 0.6) is 0 Å². The van der Waals surface area contributed by atoms with Gasteiger partial charge in [0.15, 0.2) is 0 Å². The van der Waals surface area contributed by atoms with Gasteiger partial charge in [0.25, 0.3) is 0 Å². The minimum atomic E-state index is 0.151. The topological polar surface area (TPSA) is 22.1 Å². The number of fused-ring (bicyclic) bond motifs is 4. The maximum Gasteiger partial charge on any atom is 0.0691 e. The van der Waals surface area contributed by atoms with Crippen LogP contribution in [0.3, 0.4) is 0 Å². The highest BCUT2D eigenvalue weighted by Gasteiger charge is 2.57. The molecule has 1 saturated heterocycles. The fourth-order valence-corrected chi connectivity index (χ4v) is 10.3. The van der Waals surface area contributed by atoms with Crippen LogP contribution in [0.1, 0.15) is 121 Å². The highest BCUT2D eigenvalue weighted by Crippen LogP contribution is 2.67. The Hall–Kier alpha value is -2.19. The van der Waals surface area contributed by atoms with Gasteiger partial charge in [0.2, 0.25) is 0 Å². The van der Waals surface area contributed by atoms with Crippen LogP contribution in [0.25, 0.3) is 12.2 Å². The summed E-state index contributed by atoms with van der Waals surface area (Å²) in [7, 11) is 0. The lowest BCUT2D eigenvalue weighted by Gasteiger charge is -2.56. The molecular weight excluding hydrogens is 498 g/mol. The monoisotopic (exact) mass is 549 g/mol. The van der Waals surface area contributed by atoms with Crippen LogP contribution < -0.4 is 0 Å². The van der Waals surface area contributed by atoms with E-state index in [2.05, 4.69) is 81.2 Å². The number of nitrogens with zero attached hydrogens (tertiary/aromatic N) is 1. The molecule has 0 amide bonds. The van der Waals surface area contributed by atoms with Gasteiger partial charge in [-0.05, 0) is 128 Å². The van der Waals surface area contributed by atoms with E-state index in [4.69, 9.17) is 4.74 Å². The smallest absolute Gasteiger partial charge is 0.0691 e. The molecular formula is C39H51NO. The normalized spacial score (nSPS) is 38.1. The Morgan fingerprint density at radius 1 is 0.902 bits per heavy atom. The molecule has 2 heterocycles. The first-order chi connectivity index (χ1) is 19.8. The number of benzene rings is 1. The minimum absolute atomic E-state index is 0.151. The van der Waals surface area contributed by atoms with E-state index in [1.807, 2.05) is 23.4 Å². The van der Waals surface area contributed by atoms with Crippen LogP contribution in [0.4, 0.5) is 0 Å². The maximum atomic E-state index is 6.77. The Bertz CT molecular complexity index is 1290. The van der Waals surface area contributed by atoms with E-state index in [9.17, 15) is 0 Å². The van der Waals surface area contributed by atoms with Crippen LogP contribution in [-0.4, -0.2) is 17.2 Å². The van der Waals surface area contributed by atoms with Gasteiger partial charge in [-0.15, -0.1) is 0 Å². The summed E-state index contributed by atoms with van der Waals surface area (Å²) in [6, 6.07) is 15.7. The summed E-state index contributed by atoms with van der Waals surface area (Å²) < 4.78 is 6.77. The largest absolute Gasteiger partial charge is 0.374 e. The zero-order valence-electron chi connectivity index (χ0n) is 26.0. The molecule has 1 aromatic carbocycles. The van der Waals surface area contributed by atoms with Crippen molar-refractivity contribution in [3.05, 3.63) is 76.6 Å². The predicted molar refractivity (Wildman–Crippen MR) is 170 cm³/mol. The predicted octanol–water partition coefficient (Wildman–Crippen LogP) is 10.3. The second kappa shape index (κ2) is 10.5. The van der Waals surface area contributed by atoms with Gasteiger partial charge in [-0.1, -0.05) is 81.7 Å². The van der Waals surface area contributed by atoms with E-state index in [1.165, 1.54) is 76.2 Å². The molecule has 218 valence electrons. The zero-order chi connectivity index (χ0) is 28.2. The van der Waals surface area contributed by atoms with Gasteiger partial charge in [-0.3, -0.25) is 4.98 Å². The quantitative estimate of drug-likeness (QED) is 0.354. The van der Waals surface area contributed by atoms with Crippen LogP contribution in [0.2, 0.25) is 0 Å². The molecule has 2 heteroatoms. The van der Waals surface area contributed by atoms with Crippen molar-refractivity contribution < 1.29 is 4.74 Å². The van der Waals surface area contributed by atoms with Crippen LogP contribution in [-0.2, 0) is 4.74 Å². The van der Waals surface area contributed by atoms with E-state index >= 15 is 0 Å². The van der Waals surface area contributed by atoms with Gasteiger partial charge in [0.1, 0.15) is 0 Å². The van der Waals surface area contributed by atoms with E-state index in [0.29, 0.717) is 16.7 Å². The molecule has 7 unspecified atom stereocenters. The van der Waals surface area contributed by atoms with Gasteiger partial charge < -0.3 is 4.74 Å². The number of hydrogen-bond donors (Lipinski definition) is 0. The van der Waals surface area contributed by atoms with Crippen molar-refractivity contribution in [2.45, 2.75) is 110 Å². The van der Waals surface area contributed by atoms with Crippen molar-refractivity contribution in [1.29, 1.82) is 0 Å². The number of aromatic nitrogens is 1. The van der Waals surface area contributed by atoms with Crippen molar-refractivity contribution >= 4 is 12.2 Å². The first-order valence-electron chi connectivity index (χ1n) is 16.9. The standard InChI is InChI=1S/C39H51NO/c1-5-30-15-18-35-33-17-14-29-24-39(22-21-37(2,3)26-41-39)20-19-32(29)36(33)34(25-38(30,35)4)28-12-9-27(10-13-28)11-16-31-8-6-7-23-40-31/h6-13,16,23,29-30,33-35H,5,14-15,17-22,24-26H2,1-4H3/b16-11+. The molecule has 3 saturated carbocycles. The van der Waals surface area contributed by atoms with E-state index < -0.39 is 0 Å². The van der Waals surface area contributed by atoms with Crippen molar-refractivity contribution in [2.75, 3.05) is 6.61 Å². The molecule has 7 atom stereocenters. The molecule has 2 nitrogen and oxygen atoms in total. The first-order valence-corrected chi connectivity index (χ1v) is 16.9. The number of rotatable bonds is 4. The Balaban J connectivity index is 1.21. The minimum Gasteiger partial charge on any atom is -0.374 e. The molecule has 1 aliphatic heterocycles.